The zero-order valence-corrected chi connectivity index (χ0v) is 9.79. The van der Waals surface area contributed by atoms with E-state index in [1.54, 1.807) is 13.2 Å². The van der Waals surface area contributed by atoms with E-state index in [0.717, 1.165) is 25.2 Å². The van der Waals surface area contributed by atoms with E-state index in [2.05, 4.69) is 27.3 Å². The van der Waals surface area contributed by atoms with Gasteiger partial charge in [-0.3, -0.25) is 14.8 Å². The van der Waals surface area contributed by atoms with Crippen LogP contribution in [0, 0.1) is 0 Å². The van der Waals surface area contributed by atoms with E-state index >= 15 is 0 Å². The van der Waals surface area contributed by atoms with E-state index in [4.69, 9.17) is 0 Å². The Balaban J connectivity index is 2.26. The Kier molecular flexibility index (Phi) is 3.24. The van der Waals surface area contributed by atoms with Crippen LogP contribution in [0.4, 0.5) is 0 Å². The molecule has 16 heavy (non-hydrogen) atoms. The highest BCUT2D eigenvalue weighted by molar-refractivity contribution is 5.95. The van der Waals surface area contributed by atoms with Gasteiger partial charge < -0.3 is 5.32 Å². The average molecular weight is 222 g/mol. The molecule has 5 nitrogen and oxygen atoms in total. The van der Waals surface area contributed by atoms with Crippen LogP contribution in [0.5, 0.6) is 0 Å². The molecular weight excluding hydrogens is 204 g/mol. The van der Waals surface area contributed by atoms with Gasteiger partial charge in [0.05, 0.1) is 23.5 Å². The summed E-state index contributed by atoms with van der Waals surface area (Å²) >= 11 is 0. The van der Waals surface area contributed by atoms with Crippen LogP contribution >= 0.6 is 0 Å². The molecule has 2 rings (SSSR count). The smallest absolute Gasteiger partial charge is 0.254 e. The lowest BCUT2D eigenvalue weighted by molar-refractivity contribution is 0.0960. The average Bonchev–Trinajstić information content (AvgIpc) is 2.94. The molecule has 1 aromatic rings. The highest BCUT2D eigenvalue weighted by atomic mass is 16.1. The third kappa shape index (κ3) is 1.82. The first-order valence-electron chi connectivity index (χ1n) is 5.77. The fourth-order valence-corrected chi connectivity index (χ4v) is 2.40. The van der Waals surface area contributed by atoms with Crippen molar-refractivity contribution in [3.63, 3.8) is 0 Å². The van der Waals surface area contributed by atoms with Gasteiger partial charge in [-0.15, -0.1) is 0 Å². The van der Waals surface area contributed by atoms with Crippen molar-refractivity contribution in [2.45, 2.75) is 25.8 Å². The summed E-state index contributed by atoms with van der Waals surface area (Å²) in [5.74, 6) is -0.0632. The van der Waals surface area contributed by atoms with E-state index in [1.807, 2.05) is 0 Å². The number of hydrogen-bond acceptors (Lipinski definition) is 3. The first kappa shape index (κ1) is 11.1. The molecule has 2 N–H and O–H groups in total. The number of nitrogens with zero attached hydrogens (tertiary/aromatic N) is 2. The van der Waals surface area contributed by atoms with Gasteiger partial charge >= 0.3 is 0 Å². The molecule has 0 radical (unpaired) electrons. The number of carbonyl (C=O) groups excluding carboxylic acids is 1. The van der Waals surface area contributed by atoms with Gasteiger partial charge in [-0.2, -0.15) is 5.10 Å². The zero-order chi connectivity index (χ0) is 11.5. The van der Waals surface area contributed by atoms with E-state index in [1.165, 1.54) is 6.42 Å². The van der Waals surface area contributed by atoms with Crippen molar-refractivity contribution in [3.8, 4) is 0 Å². The van der Waals surface area contributed by atoms with Crippen molar-refractivity contribution < 1.29 is 4.79 Å². The van der Waals surface area contributed by atoms with Crippen LogP contribution in [0.1, 0.15) is 41.9 Å². The minimum atomic E-state index is -0.0632. The summed E-state index contributed by atoms with van der Waals surface area (Å²) in [6.45, 7) is 4.26. The molecular formula is C11H18N4O. The second kappa shape index (κ2) is 4.65. The first-order valence-corrected chi connectivity index (χ1v) is 5.77. The predicted molar refractivity (Wildman–Crippen MR) is 61.2 cm³/mol. The minimum absolute atomic E-state index is 0.0632. The molecule has 1 unspecified atom stereocenters. The topological polar surface area (TPSA) is 61.0 Å². The lowest BCUT2D eigenvalue weighted by atomic mass is 10.1. The summed E-state index contributed by atoms with van der Waals surface area (Å²) in [5.41, 5.74) is 1.63. The lowest BCUT2D eigenvalue weighted by Crippen LogP contribution is -2.26. The fourth-order valence-electron chi connectivity index (χ4n) is 2.40. The van der Waals surface area contributed by atoms with Gasteiger partial charge in [0, 0.05) is 7.05 Å². The number of nitrogens with one attached hydrogen (secondary N) is 2. The largest absolute Gasteiger partial charge is 0.355 e. The van der Waals surface area contributed by atoms with Crippen LogP contribution in [-0.2, 0) is 0 Å². The van der Waals surface area contributed by atoms with Crippen molar-refractivity contribution in [3.05, 3.63) is 17.5 Å². The van der Waals surface area contributed by atoms with Gasteiger partial charge in [-0.1, -0.05) is 6.92 Å². The summed E-state index contributed by atoms with van der Waals surface area (Å²) in [6.07, 6.45) is 3.89. The monoisotopic (exact) mass is 222 g/mol. The molecule has 0 aromatic carbocycles. The van der Waals surface area contributed by atoms with Crippen LogP contribution in [0.15, 0.2) is 6.20 Å². The van der Waals surface area contributed by atoms with Crippen LogP contribution < -0.4 is 5.32 Å². The molecule has 0 saturated carbocycles. The summed E-state index contributed by atoms with van der Waals surface area (Å²) in [5, 5.41) is 9.61. The second-order valence-corrected chi connectivity index (χ2v) is 4.06. The molecule has 2 heterocycles. The van der Waals surface area contributed by atoms with Gasteiger partial charge in [0.25, 0.3) is 5.91 Å². The van der Waals surface area contributed by atoms with Crippen molar-refractivity contribution in [1.29, 1.82) is 0 Å². The summed E-state index contributed by atoms with van der Waals surface area (Å²) < 4.78 is 0. The molecule has 1 atom stereocenters. The lowest BCUT2D eigenvalue weighted by Gasteiger charge is -2.22. The predicted octanol–water partition coefficient (Wildman–Crippen LogP) is 0.926. The molecule has 0 bridgehead atoms. The molecule has 1 aliphatic rings. The molecule has 88 valence electrons. The Labute approximate surface area is 95.2 Å². The molecule has 5 heteroatoms. The van der Waals surface area contributed by atoms with Crippen molar-refractivity contribution in [1.82, 2.24) is 20.4 Å². The molecule has 1 fully saturated rings. The number of aromatic amines is 1. The Hall–Kier alpha value is -1.36. The van der Waals surface area contributed by atoms with E-state index < -0.39 is 0 Å². The Morgan fingerprint density at radius 3 is 3.25 bits per heavy atom. The zero-order valence-electron chi connectivity index (χ0n) is 9.79. The molecule has 1 amide bonds. The molecule has 1 aliphatic heterocycles. The summed E-state index contributed by atoms with van der Waals surface area (Å²) in [6, 6.07) is 0.319. The maximum absolute atomic E-state index is 11.7. The van der Waals surface area contributed by atoms with E-state index in [0.29, 0.717) is 11.6 Å². The maximum Gasteiger partial charge on any atom is 0.254 e. The normalized spacial score (nSPS) is 21.2. The van der Waals surface area contributed by atoms with Crippen molar-refractivity contribution >= 4 is 5.91 Å². The molecule has 1 saturated heterocycles. The summed E-state index contributed by atoms with van der Waals surface area (Å²) in [7, 11) is 1.64. The SMILES string of the molecule is CCN1CCCC1c1[nH]ncc1C(=O)NC. The number of likely N-dealkylation sites (tertiary alicyclic amines) is 1. The Morgan fingerprint density at radius 2 is 2.56 bits per heavy atom. The fraction of sp³-hybridized carbons (Fsp3) is 0.636. The van der Waals surface area contributed by atoms with Crippen molar-refractivity contribution in [2.75, 3.05) is 20.1 Å². The van der Waals surface area contributed by atoms with E-state index in [-0.39, 0.29) is 5.91 Å². The third-order valence-corrected chi connectivity index (χ3v) is 3.24. The quantitative estimate of drug-likeness (QED) is 0.799. The molecule has 1 aromatic heterocycles. The number of aromatic nitrogens is 2. The molecule has 0 spiro atoms. The number of H-pyrrole nitrogens is 1. The molecule has 0 aliphatic carbocycles. The second-order valence-electron chi connectivity index (χ2n) is 4.06. The Bertz CT molecular complexity index is 374. The highest BCUT2D eigenvalue weighted by Crippen LogP contribution is 2.31. The van der Waals surface area contributed by atoms with Gasteiger partial charge in [0.1, 0.15) is 0 Å². The van der Waals surface area contributed by atoms with Crippen LogP contribution in [0.2, 0.25) is 0 Å². The van der Waals surface area contributed by atoms with Crippen LogP contribution in [0.3, 0.4) is 0 Å². The number of carbonyl (C=O) groups is 1. The van der Waals surface area contributed by atoms with Crippen LogP contribution in [0.25, 0.3) is 0 Å². The van der Waals surface area contributed by atoms with Crippen LogP contribution in [-0.4, -0.2) is 41.1 Å². The first-order chi connectivity index (χ1) is 7.77. The van der Waals surface area contributed by atoms with Gasteiger partial charge in [-0.05, 0) is 25.9 Å². The van der Waals surface area contributed by atoms with Gasteiger partial charge in [0.15, 0.2) is 0 Å². The van der Waals surface area contributed by atoms with Crippen molar-refractivity contribution in [2.24, 2.45) is 0 Å². The third-order valence-electron chi connectivity index (χ3n) is 3.24. The summed E-state index contributed by atoms with van der Waals surface area (Å²) in [4.78, 5) is 14.0. The maximum atomic E-state index is 11.7. The highest BCUT2D eigenvalue weighted by Gasteiger charge is 2.29. The van der Waals surface area contributed by atoms with Gasteiger partial charge in [-0.25, -0.2) is 0 Å². The number of hydrogen-bond donors (Lipinski definition) is 2. The Morgan fingerprint density at radius 1 is 1.75 bits per heavy atom. The number of rotatable bonds is 3. The van der Waals surface area contributed by atoms with E-state index in [9.17, 15) is 4.79 Å². The standard InChI is InChI=1S/C11H18N4O/c1-3-15-6-4-5-9(15)10-8(7-13-14-10)11(16)12-2/h7,9H,3-6H2,1-2H3,(H,12,16)(H,13,14). The minimum Gasteiger partial charge on any atom is -0.355 e. The van der Waals surface area contributed by atoms with Gasteiger partial charge in [0.2, 0.25) is 0 Å². The number of amides is 1.